The lowest BCUT2D eigenvalue weighted by molar-refractivity contribution is -0.137. The van der Waals surface area contributed by atoms with Gasteiger partial charge < -0.3 is 0 Å². The lowest BCUT2D eigenvalue weighted by Gasteiger charge is -2.05. The van der Waals surface area contributed by atoms with Crippen LogP contribution in [0.2, 0.25) is 0 Å². The van der Waals surface area contributed by atoms with Crippen LogP contribution in [0.5, 0.6) is 0 Å². The van der Waals surface area contributed by atoms with Crippen LogP contribution in [0.4, 0.5) is 13.2 Å². The average molecular weight is 402 g/mol. The number of thiazole rings is 1. The van der Waals surface area contributed by atoms with Crippen molar-refractivity contribution in [2.45, 2.75) is 13.1 Å². The van der Waals surface area contributed by atoms with Crippen LogP contribution >= 0.6 is 11.3 Å². The summed E-state index contributed by atoms with van der Waals surface area (Å²) in [6.45, 7) is 1.74. The summed E-state index contributed by atoms with van der Waals surface area (Å²) in [4.78, 5) is 17.8. The quantitative estimate of drug-likeness (QED) is 0.401. The minimum Gasteiger partial charge on any atom is -0.278 e. The van der Waals surface area contributed by atoms with Gasteiger partial charge in [0.05, 0.1) is 27.7 Å². The van der Waals surface area contributed by atoms with Crippen LogP contribution in [0.15, 0.2) is 53.6 Å². The number of rotatable bonds is 3. The van der Waals surface area contributed by atoms with Crippen LogP contribution in [-0.2, 0) is 6.18 Å². The normalized spacial score (nSPS) is 12.3. The van der Waals surface area contributed by atoms with Gasteiger partial charge in [-0.05, 0) is 36.8 Å². The van der Waals surface area contributed by atoms with Gasteiger partial charge in [-0.2, -0.15) is 18.3 Å². The van der Waals surface area contributed by atoms with Crippen molar-refractivity contribution in [2.75, 3.05) is 0 Å². The fourth-order valence-corrected chi connectivity index (χ4v) is 3.94. The van der Waals surface area contributed by atoms with E-state index in [1.807, 2.05) is 24.3 Å². The topological polar surface area (TPSA) is 58.8 Å². The third kappa shape index (κ3) is 3.24. The van der Waals surface area contributed by atoms with Crippen LogP contribution < -0.4 is 5.43 Å². The summed E-state index contributed by atoms with van der Waals surface area (Å²) in [5, 5.41) is 3.86. The Bertz CT molecular complexity index is 1210. The van der Waals surface area contributed by atoms with Crippen molar-refractivity contribution in [2.24, 2.45) is 5.10 Å². The Balaban J connectivity index is 1.57. The predicted octanol–water partition coefficient (Wildman–Crippen LogP) is 4.64. The maximum absolute atomic E-state index is 12.6. The van der Waals surface area contributed by atoms with Gasteiger partial charge in [0.15, 0.2) is 4.96 Å². The molecule has 0 aliphatic rings. The number of alkyl halides is 3. The molecule has 28 heavy (non-hydrogen) atoms. The molecule has 9 heteroatoms. The van der Waals surface area contributed by atoms with Crippen LogP contribution in [0.25, 0.3) is 15.2 Å². The molecule has 0 aliphatic heterocycles. The second kappa shape index (κ2) is 6.75. The van der Waals surface area contributed by atoms with E-state index in [1.54, 1.807) is 11.3 Å². The first-order chi connectivity index (χ1) is 13.3. The highest BCUT2D eigenvalue weighted by Crippen LogP contribution is 2.29. The van der Waals surface area contributed by atoms with Gasteiger partial charge in [0, 0.05) is 0 Å². The average Bonchev–Trinajstić information content (AvgIpc) is 3.15. The Morgan fingerprint density at radius 2 is 1.89 bits per heavy atom. The second-order valence-corrected chi connectivity index (χ2v) is 7.06. The molecule has 0 atom stereocenters. The van der Waals surface area contributed by atoms with E-state index in [9.17, 15) is 18.0 Å². The summed E-state index contributed by atoms with van der Waals surface area (Å²) in [6.07, 6.45) is -3.10. The standard InChI is InChI=1S/C19H13F3N4OS/c1-11-16(26-14-4-2-3-5-15(14)28-18(26)24-11)17(27)25-23-10-12-6-8-13(9-7-12)19(20,21)22/h2-10H,1H3,(H,25,27)/b23-10+. The van der Waals surface area contributed by atoms with Crippen molar-refractivity contribution in [1.29, 1.82) is 0 Å². The molecule has 4 rings (SSSR count). The first kappa shape index (κ1) is 18.2. The monoisotopic (exact) mass is 402 g/mol. The van der Waals surface area contributed by atoms with E-state index in [1.165, 1.54) is 29.7 Å². The Labute approximate surface area is 161 Å². The van der Waals surface area contributed by atoms with Gasteiger partial charge in [-0.15, -0.1) is 0 Å². The summed E-state index contributed by atoms with van der Waals surface area (Å²) in [5.41, 5.74) is 3.93. The zero-order valence-corrected chi connectivity index (χ0v) is 15.3. The van der Waals surface area contributed by atoms with E-state index in [4.69, 9.17) is 0 Å². The Hall–Kier alpha value is -3.20. The molecule has 0 aliphatic carbocycles. The van der Waals surface area contributed by atoms with Crippen molar-refractivity contribution in [1.82, 2.24) is 14.8 Å². The number of hydrogen-bond acceptors (Lipinski definition) is 4. The fourth-order valence-electron chi connectivity index (χ4n) is 2.86. The number of benzene rings is 2. The molecule has 2 heterocycles. The summed E-state index contributed by atoms with van der Waals surface area (Å²) in [5.74, 6) is -0.447. The van der Waals surface area contributed by atoms with E-state index >= 15 is 0 Å². The van der Waals surface area contributed by atoms with Crippen LogP contribution in [-0.4, -0.2) is 21.5 Å². The molecule has 1 N–H and O–H groups in total. The number of para-hydroxylation sites is 1. The van der Waals surface area contributed by atoms with Gasteiger partial charge in [-0.1, -0.05) is 35.6 Å². The Morgan fingerprint density at radius 3 is 2.61 bits per heavy atom. The summed E-state index contributed by atoms with van der Waals surface area (Å²) < 4.78 is 40.5. The van der Waals surface area contributed by atoms with E-state index in [0.717, 1.165) is 22.3 Å². The SMILES string of the molecule is Cc1nc2sc3ccccc3n2c1C(=O)N/N=C/c1ccc(C(F)(F)F)cc1. The highest BCUT2D eigenvalue weighted by Gasteiger charge is 2.29. The molecule has 142 valence electrons. The van der Waals surface area contributed by atoms with Crippen molar-refractivity contribution in [3.8, 4) is 0 Å². The van der Waals surface area contributed by atoms with Gasteiger partial charge in [0.2, 0.25) is 0 Å². The number of imidazole rings is 1. The molecule has 0 spiro atoms. The number of halogens is 3. The van der Waals surface area contributed by atoms with E-state index in [2.05, 4.69) is 15.5 Å². The molecule has 0 fully saturated rings. The zero-order chi connectivity index (χ0) is 19.9. The lowest BCUT2D eigenvalue weighted by atomic mass is 10.1. The van der Waals surface area contributed by atoms with E-state index in [0.29, 0.717) is 21.9 Å². The van der Waals surface area contributed by atoms with Crippen molar-refractivity contribution in [3.05, 3.63) is 71.0 Å². The smallest absolute Gasteiger partial charge is 0.278 e. The van der Waals surface area contributed by atoms with Gasteiger partial charge in [0.25, 0.3) is 5.91 Å². The highest BCUT2D eigenvalue weighted by atomic mass is 32.1. The summed E-state index contributed by atoms with van der Waals surface area (Å²) in [7, 11) is 0. The molecule has 5 nitrogen and oxygen atoms in total. The first-order valence-electron chi connectivity index (χ1n) is 8.22. The maximum atomic E-state index is 12.6. The number of nitrogens with one attached hydrogen (secondary N) is 1. The minimum absolute atomic E-state index is 0.372. The molecular weight excluding hydrogens is 389 g/mol. The van der Waals surface area contributed by atoms with Crippen LogP contribution in [0.3, 0.4) is 0 Å². The third-order valence-corrected chi connectivity index (χ3v) is 5.18. The molecule has 1 amide bonds. The predicted molar refractivity (Wildman–Crippen MR) is 102 cm³/mol. The van der Waals surface area contributed by atoms with Crippen LogP contribution in [0, 0.1) is 6.92 Å². The Morgan fingerprint density at radius 1 is 1.18 bits per heavy atom. The molecular formula is C19H13F3N4OS. The van der Waals surface area contributed by atoms with Crippen molar-refractivity contribution in [3.63, 3.8) is 0 Å². The number of nitrogens with zero attached hydrogens (tertiary/aromatic N) is 3. The molecule has 0 saturated heterocycles. The van der Waals surface area contributed by atoms with Gasteiger partial charge in [0.1, 0.15) is 5.69 Å². The second-order valence-electron chi connectivity index (χ2n) is 6.05. The third-order valence-electron chi connectivity index (χ3n) is 4.16. The number of hydrazone groups is 1. The maximum Gasteiger partial charge on any atom is 0.416 e. The summed E-state index contributed by atoms with van der Waals surface area (Å²) >= 11 is 1.48. The molecule has 0 saturated carbocycles. The number of hydrogen-bond donors (Lipinski definition) is 1. The molecule has 0 unspecified atom stereocenters. The first-order valence-corrected chi connectivity index (χ1v) is 9.03. The lowest BCUT2D eigenvalue weighted by Crippen LogP contribution is -2.20. The number of amides is 1. The minimum atomic E-state index is -4.39. The molecule has 2 aromatic carbocycles. The highest BCUT2D eigenvalue weighted by molar-refractivity contribution is 7.23. The molecule has 4 aromatic rings. The molecule has 2 aromatic heterocycles. The number of carbonyl (C=O) groups is 1. The van der Waals surface area contributed by atoms with E-state index in [-0.39, 0.29) is 0 Å². The Kier molecular flexibility index (Phi) is 4.38. The van der Waals surface area contributed by atoms with Gasteiger partial charge >= 0.3 is 6.18 Å². The van der Waals surface area contributed by atoms with Gasteiger partial charge in [-0.3, -0.25) is 9.20 Å². The van der Waals surface area contributed by atoms with Crippen molar-refractivity contribution >= 4 is 38.6 Å². The number of aryl methyl sites for hydroxylation is 1. The number of fused-ring (bicyclic) bond motifs is 3. The summed E-state index contributed by atoms with van der Waals surface area (Å²) in [6, 6.07) is 12.2. The van der Waals surface area contributed by atoms with Crippen LogP contribution in [0.1, 0.15) is 27.3 Å². The van der Waals surface area contributed by atoms with E-state index < -0.39 is 17.6 Å². The number of carbonyl (C=O) groups excluding carboxylic acids is 1. The largest absolute Gasteiger partial charge is 0.416 e. The molecule has 0 radical (unpaired) electrons. The van der Waals surface area contributed by atoms with Crippen molar-refractivity contribution < 1.29 is 18.0 Å². The fraction of sp³-hybridized carbons (Fsp3) is 0.105. The number of aromatic nitrogens is 2. The van der Waals surface area contributed by atoms with Gasteiger partial charge in [-0.25, -0.2) is 10.4 Å². The molecule has 0 bridgehead atoms. The zero-order valence-electron chi connectivity index (χ0n) is 14.5.